The molecule has 2 rings (SSSR count). The highest BCUT2D eigenvalue weighted by molar-refractivity contribution is 7.89. The number of amides is 2. The fourth-order valence-electron chi connectivity index (χ4n) is 1.79. The molecule has 0 saturated carbocycles. The molecule has 0 spiro atoms. The summed E-state index contributed by atoms with van der Waals surface area (Å²) in [4.78, 5) is 33.1. The molecule has 1 aromatic rings. The molecule has 9 heteroatoms. The Morgan fingerprint density at radius 1 is 1.15 bits per heavy atom. The predicted octanol–water partition coefficient (Wildman–Crippen LogP) is -0.968. The van der Waals surface area contributed by atoms with Gasteiger partial charge in [-0.25, -0.2) is 13.2 Å². The van der Waals surface area contributed by atoms with Crippen LogP contribution in [0, 0.1) is 0 Å². The maximum absolute atomic E-state index is 12.3. The third-order valence-corrected chi connectivity index (χ3v) is 4.50. The van der Waals surface area contributed by atoms with Crippen molar-refractivity contribution < 1.29 is 27.9 Å². The van der Waals surface area contributed by atoms with Crippen LogP contribution in [0.15, 0.2) is 29.2 Å². The fourth-order valence-corrected chi connectivity index (χ4v) is 3.32. The molecule has 106 valence electrons. The Labute approximate surface area is 114 Å². The van der Waals surface area contributed by atoms with Crippen molar-refractivity contribution in [1.29, 1.82) is 0 Å². The first-order valence-corrected chi connectivity index (χ1v) is 6.91. The lowest BCUT2D eigenvalue weighted by Gasteiger charge is -2.25. The highest BCUT2D eigenvalue weighted by Gasteiger charge is 2.34. The Morgan fingerprint density at radius 2 is 1.70 bits per heavy atom. The van der Waals surface area contributed by atoms with Crippen molar-refractivity contribution in [2.75, 3.05) is 13.1 Å². The quantitative estimate of drug-likeness (QED) is 0.693. The standard InChI is InChI=1S/C11H10N2O6S/c14-9-5-13(6-10(15)12-9)20(18,19)8-4-2-1-3-7(8)11(16)17/h1-4H,5-6H2,(H,16,17)(H,12,14,15). The number of hydrogen-bond donors (Lipinski definition) is 2. The number of sulfonamides is 1. The van der Waals surface area contributed by atoms with Crippen molar-refractivity contribution in [3.05, 3.63) is 29.8 Å². The minimum atomic E-state index is -4.23. The number of nitrogens with zero attached hydrogens (tertiary/aromatic N) is 1. The van der Waals surface area contributed by atoms with Gasteiger partial charge in [0.05, 0.1) is 23.5 Å². The van der Waals surface area contributed by atoms with Gasteiger partial charge in [0.1, 0.15) is 0 Å². The maximum Gasteiger partial charge on any atom is 0.337 e. The van der Waals surface area contributed by atoms with Crippen LogP contribution in [-0.4, -0.2) is 48.7 Å². The third-order valence-electron chi connectivity index (χ3n) is 2.65. The number of aromatic carboxylic acids is 1. The Balaban J connectivity index is 2.48. The van der Waals surface area contributed by atoms with Gasteiger partial charge in [-0.2, -0.15) is 4.31 Å². The maximum atomic E-state index is 12.3. The van der Waals surface area contributed by atoms with Crippen molar-refractivity contribution in [1.82, 2.24) is 9.62 Å². The molecule has 0 bridgehead atoms. The number of nitrogens with one attached hydrogen (secondary N) is 1. The largest absolute Gasteiger partial charge is 0.478 e. The fraction of sp³-hybridized carbons (Fsp3) is 0.182. The second-order valence-corrected chi connectivity index (χ2v) is 5.95. The van der Waals surface area contributed by atoms with Gasteiger partial charge >= 0.3 is 5.97 Å². The summed E-state index contributed by atoms with van der Waals surface area (Å²) in [6.45, 7) is -1.05. The van der Waals surface area contributed by atoms with Gasteiger partial charge in [0.15, 0.2) is 0 Å². The highest BCUT2D eigenvalue weighted by Crippen LogP contribution is 2.20. The summed E-state index contributed by atoms with van der Waals surface area (Å²) in [5.74, 6) is -2.91. The average molecular weight is 298 g/mol. The summed E-state index contributed by atoms with van der Waals surface area (Å²) in [6, 6.07) is 5.01. The second-order valence-electron chi connectivity index (χ2n) is 4.05. The molecule has 0 aromatic heterocycles. The Bertz CT molecular complexity index is 681. The molecule has 0 atom stereocenters. The Kier molecular flexibility index (Phi) is 3.55. The molecular weight excluding hydrogens is 288 g/mol. The molecule has 20 heavy (non-hydrogen) atoms. The van der Waals surface area contributed by atoms with E-state index in [4.69, 9.17) is 5.11 Å². The molecule has 2 N–H and O–H groups in total. The molecule has 2 amide bonds. The van der Waals surface area contributed by atoms with Crippen LogP contribution in [0.1, 0.15) is 10.4 Å². The van der Waals surface area contributed by atoms with Crippen LogP contribution < -0.4 is 5.32 Å². The lowest BCUT2D eigenvalue weighted by atomic mass is 10.2. The van der Waals surface area contributed by atoms with Gasteiger partial charge in [-0.15, -0.1) is 0 Å². The average Bonchev–Trinajstić information content (AvgIpc) is 2.37. The van der Waals surface area contributed by atoms with E-state index in [1.54, 1.807) is 0 Å². The molecule has 0 unspecified atom stereocenters. The van der Waals surface area contributed by atoms with E-state index < -0.39 is 51.4 Å². The van der Waals surface area contributed by atoms with E-state index >= 15 is 0 Å². The van der Waals surface area contributed by atoms with Gasteiger partial charge in [0, 0.05) is 0 Å². The molecule has 1 fully saturated rings. The zero-order valence-corrected chi connectivity index (χ0v) is 10.9. The van der Waals surface area contributed by atoms with Gasteiger partial charge in [-0.1, -0.05) is 12.1 Å². The Hall–Kier alpha value is -2.26. The summed E-state index contributed by atoms with van der Waals surface area (Å²) >= 11 is 0. The molecule has 8 nitrogen and oxygen atoms in total. The first-order valence-electron chi connectivity index (χ1n) is 5.47. The van der Waals surface area contributed by atoms with Crippen molar-refractivity contribution in [2.45, 2.75) is 4.90 Å². The molecule has 1 saturated heterocycles. The Morgan fingerprint density at radius 3 is 2.25 bits per heavy atom. The monoisotopic (exact) mass is 298 g/mol. The molecule has 1 heterocycles. The van der Waals surface area contributed by atoms with E-state index in [9.17, 15) is 22.8 Å². The van der Waals surface area contributed by atoms with Crippen molar-refractivity contribution in [3.63, 3.8) is 0 Å². The van der Waals surface area contributed by atoms with E-state index in [0.29, 0.717) is 4.31 Å². The van der Waals surface area contributed by atoms with Crippen LogP contribution >= 0.6 is 0 Å². The van der Waals surface area contributed by atoms with E-state index in [0.717, 1.165) is 12.1 Å². The van der Waals surface area contributed by atoms with E-state index in [1.165, 1.54) is 12.1 Å². The molecular formula is C11H10N2O6S. The van der Waals surface area contributed by atoms with Gasteiger partial charge < -0.3 is 5.11 Å². The minimum Gasteiger partial charge on any atom is -0.478 e. The van der Waals surface area contributed by atoms with Crippen LogP contribution in [0.4, 0.5) is 0 Å². The number of carboxylic acid groups (broad SMARTS) is 1. The summed E-state index contributed by atoms with van der Waals surface area (Å²) in [5.41, 5.74) is -0.411. The summed E-state index contributed by atoms with van der Waals surface area (Å²) < 4.78 is 25.3. The zero-order chi connectivity index (χ0) is 14.9. The molecule has 1 aliphatic rings. The normalized spacial score (nSPS) is 16.8. The van der Waals surface area contributed by atoms with Crippen LogP contribution in [0.5, 0.6) is 0 Å². The number of imide groups is 1. The molecule has 1 aromatic carbocycles. The first-order chi connectivity index (χ1) is 9.32. The summed E-state index contributed by atoms with van der Waals surface area (Å²) in [7, 11) is -4.23. The minimum absolute atomic E-state index is 0.411. The van der Waals surface area contributed by atoms with E-state index in [2.05, 4.69) is 0 Å². The summed E-state index contributed by atoms with van der Waals surface area (Å²) in [5, 5.41) is 11.0. The number of carboxylic acids is 1. The number of rotatable bonds is 3. The van der Waals surface area contributed by atoms with Gasteiger partial charge in [0.2, 0.25) is 21.8 Å². The first kappa shape index (κ1) is 14.2. The smallest absolute Gasteiger partial charge is 0.337 e. The molecule has 0 radical (unpaired) electrons. The number of carbonyl (C=O) groups is 3. The van der Waals surface area contributed by atoms with Crippen molar-refractivity contribution in [3.8, 4) is 0 Å². The van der Waals surface area contributed by atoms with Gasteiger partial charge in [-0.05, 0) is 12.1 Å². The van der Waals surface area contributed by atoms with Crippen LogP contribution in [0.3, 0.4) is 0 Å². The highest BCUT2D eigenvalue weighted by atomic mass is 32.2. The summed E-state index contributed by atoms with van der Waals surface area (Å²) in [6.07, 6.45) is 0. The number of benzene rings is 1. The van der Waals surface area contributed by atoms with Gasteiger partial charge in [0.25, 0.3) is 0 Å². The lowest BCUT2D eigenvalue weighted by molar-refractivity contribution is -0.134. The molecule has 1 aliphatic heterocycles. The number of carbonyl (C=O) groups excluding carboxylic acids is 2. The lowest BCUT2D eigenvalue weighted by Crippen LogP contribution is -2.53. The van der Waals surface area contributed by atoms with Crippen LogP contribution in [0.25, 0.3) is 0 Å². The van der Waals surface area contributed by atoms with Gasteiger partial charge in [-0.3, -0.25) is 14.9 Å². The van der Waals surface area contributed by atoms with E-state index in [-0.39, 0.29) is 0 Å². The topological polar surface area (TPSA) is 121 Å². The van der Waals surface area contributed by atoms with E-state index in [1.807, 2.05) is 5.32 Å². The van der Waals surface area contributed by atoms with Crippen molar-refractivity contribution in [2.24, 2.45) is 0 Å². The third kappa shape index (κ3) is 2.53. The van der Waals surface area contributed by atoms with Crippen LogP contribution in [0.2, 0.25) is 0 Å². The van der Waals surface area contributed by atoms with Crippen LogP contribution in [-0.2, 0) is 19.6 Å². The zero-order valence-electron chi connectivity index (χ0n) is 10.1. The molecule has 0 aliphatic carbocycles. The predicted molar refractivity (Wildman–Crippen MR) is 65.3 cm³/mol. The SMILES string of the molecule is O=C1CN(S(=O)(=O)c2ccccc2C(=O)O)CC(=O)N1. The number of piperazine rings is 1. The second kappa shape index (κ2) is 5.02. The number of hydrogen-bond acceptors (Lipinski definition) is 5. The van der Waals surface area contributed by atoms with Crippen molar-refractivity contribution >= 4 is 27.8 Å².